The summed E-state index contributed by atoms with van der Waals surface area (Å²) in [6, 6.07) is 7.34. The molecule has 1 unspecified atom stereocenters. The van der Waals surface area contributed by atoms with Crippen LogP contribution in [0.4, 0.5) is 5.69 Å². The summed E-state index contributed by atoms with van der Waals surface area (Å²) >= 11 is 2.20. The molecule has 0 spiro atoms. The lowest BCUT2D eigenvalue weighted by Gasteiger charge is -2.22. The van der Waals surface area contributed by atoms with Gasteiger partial charge in [-0.05, 0) is 67.1 Å². The maximum atomic E-state index is 12.1. The minimum atomic E-state index is -0.286. The first-order chi connectivity index (χ1) is 10.1. The molecule has 1 aromatic carbocycles. The van der Waals surface area contributed by atoms with Crippen molar-refractivity contribution in [3.63, 3.8) is 0 Å². The molecule has 1 saturated heterocycles. The highest BCUT2D eigenvalue weighted by atomic mass is 127. The Morgan fingerprint density at radius 2 is 2.29 bits per heavy atom. The monoisotopic (exact) mass is 402 g/mol. The standard InChI is InChI=1S/C15H19IN2O3/c1-2-21-15(20)13-7-4-8-18(13)10-14(19)17-12-6-3-5-11(16)9-12/h3,5-6,9,13H,2,4,7-8,10H2,1H3,(H,17,19). The number of esters is 1. The van der Waals surface area contributed by atoms with Crippen molar-refractivity contribution in [1.82, 2.24) is 4.90 Å². The number of likely N-dealkylation sites (tertiary alicyclic amines) is 1. The molecule has 1 heterocycles. The SMILES string of the molecule is CCOC(=O)C1CCCN1CC(=O)Nc1cccc(I)c1. The summed E-state index contributed by atoms with van der Waals surface area (Å²) in [5, 5.41) is 2.86. The van der Waals surface area contributed by atoms with Gasteiger partial charge < -0.3 is 10.1 Å². The van der Waals surface area contributed by atoms with E-state index in [4.69, 9.17) is 4.74 Å². The molecular formula is C15H19IN2O3. The van der Waals surface area contributed by atoms with E-state index in [9.17, 15) is 9.59 Å². The van der Waals surface area contributed by atoms with Gasteiger partial charge in [0.25, 0.3) is 0 Å². The number of carbonyl (C=O) groups is 2. The summed E-state index contributed by atoms with van der Waals surface area (Å²) in [5.74, 6) is -0.328. The number of halogens is 1. The maximum absolute atomic E-state index is 12.1. The van der Waals surface area contributed by atoms with Crippen molar-refractivity contribution in [2.24, 2.45) is 0 Å². The number of hydrogen-bond acceptors (Lipinski definition) is 4. The van der Waals surface area contributed by atoms with Gasteiger partial charge in [-0.1, -0.05) is 6.07 Å². The van der Waals surface area contributed by atoms with Gasteiger partial charge in [-0.2, -0.15) is 0 Å². The lowest BCUT2D eigenvalue weighted by Crippen LogP contribution is -2.41. The minimum absolute atomic E-state index is 0.104. The van der Waals surface area contributed by atoms with Crippen LogP contribution >= 0.6 is 22.6 Å². The highest BCUT2D eigenvalue weighted by Crippen LogP contribution is 2.19. The molecule has 0 saturated carbocycles. The second kappa shape index (κ2) is 7.74. The van der Waals surface area contributed by atoms with Crippen molar-refractivity contribution >= 4 is 40.2 Å². The summed E-state index contributed by atoms with van der Waals surface area (Å²) in [6.45, 7) is 3.14. The lowest BCUT2D eigenvalue weighted by atomic mass is 10.2. The molecule has 0 bridgehead atoms. The molecule has 114 valence electrons. The number of rotatable bonds is 5. The van der Waals surface area contributed by atoms with E-state index in [1.807, 2.05) is 29.2 Å². The van der Waals surface area contributed by atoms with Gasteiger partial charge >= 0.3 is 5.97 Å². The molecule has 1 fully saturated rings. The Balaban J connectivity index is 1.91. The molecule has 1 atom stereocenters. The Morgan fingerprint density at radius 1 is 1.48 bits per heavy atom. The van der Waals surface area contributed by atoms with E-state index < -0.39 is 0 Å². The molecule has 21 heavy (non-hydrogen) atoms. The van der Waals surface area contributed by atoms with Gasteiger partial charge in [0.15, 0.2) is 0 Å². The predicted octanol–water partition coefficient (Wildman–Crippen LogP) is 2.26. The number of carbonyl (C=O) groups excluding carboxylic acids is 2. The highest BCUT2D eigenvalue weighted by Gasteiger charge is 2.32. The van der Waals surface area contributed by atoms with Crippen molar-refractivity contribution in [3.05, 3.63) is 27.8 Å². The van der Waals surface area contributed by atoms with E-state index in [0.717, 1.165) is 28.6 Å². The normalized spacial score (nSPS) is 18.5. The van der Waals surface area contributed by atoms with Crippen LogP contribution in [0.3, 0.4) is 0 Å². The van der Waals surface area contributed by atoms with Gasteiger partial charge in [-0.15, -0.1) is 0 Å². The average molecular weight is 402 g/mol. The molecule has 0 radical (unpaired) electrons. The van der Waals surface area contributed by atoms with Crippen molar-refractivity contribution in [2.45, 2.75) is 25.8 Å². The Labute approximate surface area is 138 Å². The number of nitrogens with one attached hydrogen (secondary N) is 1. The van der Waals surface area contributed by atoms with Crippen molar-refractivity contribution in [3.8, 4) is 0 Å². The molecule has 1 aliphatic heterocycles. The number of anilines is 1. The van der Waals surface area contributed by atoms with Crippen LogP contribution in [0.1, 0.15) is 19.8 Å². The summed E-state index contributed by atoms with van der Waals surface area (Å²) in [5.41, 5.74) is 0.777. The molecule has 5 nitrogen and oxygen atoms in total. The Bertz CT molecular complexity index is 521. The fraction of sp³-hybridized carbons (Fsp3) is 0.467. The molecule has 6 heteroatoms. The molecule has 1 N–H and O–H groups in total. The number of amides is 1. The first kappa shape index (κ1) is 16.2. The number of ether oxygens (including phenoxy) is 1. The van der Waals surface area contributed by atoms with Crippen LogP contribution in [0, 0.1) is 3.57 Å². The third-order valence-corrected chi connectivity index (χ3v) is 4.05. The van der Waals surface area contributed by atoms with Crippen LogP contribution < -0.4 is 5.32 Å². The molecule has 1 aliphatic rings. The van der Waals surface area contributed by atoms with Crippen LogP contribution in [0.2, 0.25) is 0 Å². The van der Waals surface area contributed by atoms with Crippen LogP contribution in [0.25, 0.3) is 0 Å². The average Bonchev–Trinajstić information content (AvgIpc) is 2.87. The van der Waals surface area contributed by atoms with E-state index >= 15 is 0 Å². The number of nitrogens with zero attached hydrogens (tertiary/aromatic N) is 1. The van der Waals surface area contributed by atoms with E-state index in [2.05, 4.69) is 27.9 Å². The lowest BCUT2D eigenvalue weighted by molar-refractivity contribution is -0.148. The Hall–Kier alpha value is -1.15. The zero-order chi connectivity index (χ0) is 15.2. The van der Waals surface area contributed by atoms with E-state index in [-0.39, 0.29) is 24.5 Å². The first-order valence-electron chi connectivity index (χ1n) is 7.06. The third kappa shape index (κ3) is 4.67. The topological polar surface area (TPSA) is 58.6 Å². The zero-order valence-corrected chi connectivity index (χ0v) is 14.1. The number of hydrogen-bond donors (Lipinski definition) is 1. The second-order valence-corrected chi connectivity index (χ2v) is 6.18. The van der Waals surface area contributed by atoms with Crippen LogP contribution in [0.15, 0.2) is 24.3 Å². The molecule has 0 aromatic heterocycles. The molecular weight excluding hydrogens is 383 g/mol. The van der Waals surface area contributed by atoms with E-state index in [1.165, 1.54) is 0 Å². The highest BCUT2D eigenvalue weighted by molar-refractivity contribution is 14.1. The van der Waals surface area contributed by atoms with Gasteiger partial charge in [-0.3, -0.25) is 14.5 Å². The Kier molecular flexibility index (Phi) is 5.98. The molecule has 1 amide bonds. The van der Waals surface area contributed by atoms with Crippen molar-refractivity contribution < 1.29 is 14.3 Å². The van der Waals surface area contributed by atoms with Gasteiger partial charge in [-0.25, -0.2) is 0 Å². The van der Waals surface area contributed by atoms with Gasteiger partial charge in [0.1, 0.15) is 6.04 Å². The molecule has 1 aromatic rings. The minimum Gasteiger partial charge on any atom is -0.465 e. The third-order valence-electron chi connectivity index (χ3n) is 3.38. The first-order valence-corrected chi connectivity index (χ1v) is 8.14. The van der Waals surface area contributed by atoms with Crippen LogP contribution in [-0.2, 0) is 14.3 Å². The maximum Gasteiger partial charge on any atom is 0.323 e. The fourth-order valence-corrected chi connectivity index (χ4v) is 3.02. The van der Waals surface area contributed by atoms with Crippen LogP contribution in [0.5, 0.6) is 0 Å². The van der Waals surface area contributed by atoms with E-state index in [1.54, 1.807) is 6.92 Å². The summed E-state index contributed by atoms with van der Waals surface area (Å²) in [6.07, 6.45) is 1.68. The van der Waals surface area contributed by atoms with Crippen molar-refractivity contribution in [2.75, 3.05) is 25.0 Å². The molecule has 2 rings (SSSR count). The largest absolute Gasteiger partial charge is 0.465 e. The fourth-order valence-electron chi connectivity index (χ4n) is 2.47. The van der Waals surface area contributed by atoms with Gasteiger partial charge in [0, 0.05) is 9.26 Å². The summed E-state index contributed by atoms with van der Waals surface area (Å²) < 4.78 is 6.12. The summed E-state index contributed by atoms with van der Waals surface area (Å²) in [4.78, 5) is 25.8. The van der Waals surface area contributed by atoms with Crippen molar-refractivity contribution in [1.29, 1.82) is 0 Å². The smallest absolute Gasteiger partial charge is 0.323 e. The zero-order valence-electron chi connectivity index (χ0n) is 12.0. The summed E-state index contributed by atoms with van der Waals surface area (Å²) in [7, 11) is 0. The van der Waals surface area contributed by atoms with Crippen LogP contribution in [-0.4, -0.2) is 42.5 Å². The predicted molar refractivity (Wildman–Crippen MR) is 89.0 cm³/mol. The number of benzene rings is 1. The van der Waals surface area contributed by atoms with E-state index in [0.29, 0.717) is 6.61 Å². The quantitative estimate of drug-likeness (QED) is 0.607. The Morgan fingerprint density at radius 3 is 3.00 bits per heavy atom. The second-order valence-electron chi connectivity index (χ2n) is 4.94. The van der Waals surface area contributed by atoms with Gasteiger partial charge in [0.2, 0.25) is 5.91 Å². The van der Waals surface area contributed by atoms with Gasteiger partial charge in [0.05, 0.1) is 13.2 Å². The molecule has 0 aliphatic carbocycles.